The first-order chi connectivity index (χ1) is 13.1. The Morgan fingerprint density at radius 3 is 2.89 bits per heavy atom. The first kappa shape index (κ1) is 16.9. The number of hydrogen-bond acceptors (Lipinski definition) is 6. The smallest absolute Gasteiger partial charge is 0.272 e. The van der Waals surface area contributed by atoms with Gasteiger partial charge in [-0.1, -0.05) is 6.07 Å². The summed E-state index contributed by atoms with van der Waals surface area (Å²) in [6.07, 6.45) is 2.43. The van der Waals surface area contributed by atoms with Gasteiger partial charge in [-0.15, -0.1) is 0 Å². The van der Waals surface area contributed by atoms with Crippen LogP contribution in [0.15, 0.2) is 54.7 Å². The number of carbonyl (C=O) groups is 1. The number of likely N-dealkylation sites (tertiary alicyclic amines) is 1. The SMILES string of the molecule is O=C(c1ccccn1)N1CCC(Nc2ccc3cc([N+](=O)[O-])ccc3n2)C1. The highest BCUT2D eigenvalue weighted by Gasteiger charge is 2.27. The summed E-state index contributed by atoms with van der Waals surface area (Å²) in [5.74, 6) is 0.618. The van der Waals surface area contributed by atoms with Gasteiger partial charge in [0.25, 0.3) is 11.6 Å². The molecule has 1 N–H and O–H groups in total. The van der Waals surface area contributed by atoms with Crippen LogP contribution < -0.4 is 5.32 Å². The number of nitro groups is 1. The van der Waals surface area contributed by atoms with E-state index in [2.05, 4.69) is 15.3 Å². The van der Waals surface area contributed by atoms with E-state index < -0.39 is 4.92 Å². The maximum atomic E-state index is 12.5. The van der Waals surface area contributed by atoms with E-state index in [0.29, 0.717) is 35.5 Å². The van der Waals surface area contributed by atoms with Crippen molar-refractivity contribution in [3.05, 3.63) is 70.5 Å². The van der Waals surface area contributed by atoms with Crippen LogP contribution in [0.25, 0.3) is 10.9 Å². The molecule has 2 aromatic heterocycles. The second kappa shape index (κ2) is 6.99. The molecule has 0 bridgehead atoms. The van der Waals surface area contributed by atoms with Crippen LogP contribution in [0.5, 0.6) is 0 Å². The average molecular weight is 363 g/mol. The molecule has 3 heterocycles. The van der Waals surface area contributed by atoms with Crippen molar-refractivity contribution in [2.24, 2.45) is 0 Å². The standard InChI is InChI=1S/C19H17N5O3/c25-19(17-3-1-2-9-20-17)23-10-8-14(12-23)21-18-7-4-13-11-15(24(26)27)5-6-16(13)22-18/h1-7,9,11,14H,8,10,12H2,(H,21,22). The molecule has 3 aromatic rings. The van der Waals surface area contributed by atoms with E-state index in [1.165, 1.54) is 12.1 Å². The van der Waals surface area contributed by atoms with Crippen LogP contribution in [0.1, 0.15) is 16.9 Å². The maximum Gasteiger partial charge on any atom is 0.272 e. The molecule has 0 aliphatic carbocycles. The Kier molecular flexibility index (Phi) is 4.37. The number of non-ortho nitro benzene ring substituents is 1. The average Bonchev–Trinajstić information content (AvgIpc) is 3.16. The molecule has 1 aromatic carbocycles. The van der Waals surface area contributed by atoms with E-state index in [4.69, 9.17) is 0 Å². The third kappa shape index (κ3) is 3.55. The zero-order valence-electron chi connectivity index (χ0n) is 14.4. The number of carbonyl (C=O) groups excluding carboxylic acids is 1. The van der Waals surface area contributed by atoms with E-state index in [9.17, 15) is 14.9 Å². The molecule has 8 heteroatoms. The van der Waals surface area contributed by atoms with Crippen LogP contribution in [0.4, 0.5) is 11.5 Å². The highest BCUT2D eigenvalue weighted by atomic mass is 16.6. The molecule has 1 atom stereocenters. The number of anilines is 1. The Bertz CT molecular complexity index is 1010. The minimum Gasteiger partial charge on any atom is -0.365 e. The molecule has 4 rings (SSSR count). The van der Waals surface area contributed by atoms with Crippen LogP contribution in [0, 0.1) is 10.1 Å². The summed E-state index contributed by atoms with van der Waals surface area (Å²) in [4.78, 5) is 33.3. The van der Waals surface area contributed by atoms with Gasteiger partial charge in [-0.25, -0.2) is 4.98 Å². The van der Waals surface area contributed by atoms with Gasteiger partial charge in [0.2, 0.25) is 0 Å². The Balaban J connectivity index is 1.44. The van der Waals surface area contributed by atoms with E-state index in [1.807, 2.05) is 6.07 Å². The highest BCUT2D eigenvalue weighted by molar-refractivity contribution is 5.92. The summed E-state index contributed by atoms with van der Waals surface area (Å²) < 4.78 is 0. The van der Waals surface area contributed by atoms with Gasteiger partial charge in [-0.2, -0.15) is 0 Å². The molecule has 27 heavy (non-hydrogen) atoms. The Morgan fingerprint density at radius 2 is 2.11 bits per heavy atom. The van der Waals surface area contributed by atoms with Gasteiger partial charge >= 0.3 is 0 Å². The predicted molar refractivity (Wildman–Crippen MR) is 101 cm³/mol. The fraction of sp³-hybridized carbons (Fsp3) is 0.211. The van der Waals surface area contributed by atoms with Crippen molar-refractivity contribution in [3.8, 4) is 0 Å². The molecule has 0 radical (unpaired) electrons. The minimum absolute atomic E-state index is 0.0458. The summed E-state index contributed by atoms with van der Waals surface area (Å²) in [5, 5.41) is 14.9. The monoisotopic (exact) mass is 363 g/mol. The summed E-state index contributed by atoms with van der Waals surface area (Å²) in [6.45, 7) is 1.24. The number of amides is 1. The lowest BCUT2D eigenvalue weighted by atomic mass is 10.2. The van der Waals surface area contributed by atoms with Gasteiger partial charge < -0.3 is 10.2 Å². The molecule has 1 aliphatic heterocycles. The number of nitro benzene ring substituents is 1. The minimum atomic E-state index is -0.419. The zero-order chi connectivity index (χ0) is 18.8. The van der Waals surface area contributed by atoms with Crippen LogP contribution in [0.2, 0.25) is 0 Å². The normalized spacial score (nSPS) is 16.4. The second-order valence-electron chi connectivity index (χ2n) is 6.43. The Morgan fingerprint density at radius 1 is 1.22 bits per heavy atom. The molecule has 1 amide bonds. The van der Waals surface area contributed by atoms with Crippen molar-refractivity contribution < 1.29 is 9.72 Å². The summed E-state index contributed by atoms with van der Waals surface area (Å²) in [6, 6.07) is 13.6. The lowest BCUT2D eigenvalue weighted by Gasteiger charge is -2.17. The third-order valence-corrected chi connectivity index (χ3v) is 4.60. The number of fused-ring (bicyclic) bond motifs is 1. The fourth-order valence-electron chi connectivity index (χ4n) is 3.23. The molecule has 1 saturated heterocycles. The molecular formula is C19H17N5O3. The number of hydrogen-bond donors (Lipinski definition) is 1. The molecule has 0 saturated carbocycles. The van der Waals surface area contributed by atoms with Gasteiger partial charge in [0.1, 0.15) is 11.5 Å². The van der Waals surface area contributed by atoms with Crippen molar-refractivity contribution in [2.75, 3.05) is 18.4 Å². The number of aromatic nitrogens is 2. The van der Waals surface area contributed by atoms with Crippen LogP contribution in [-0.2, 0) is 0 Å². The Labute approximate surface area is 155 Å². The van der Waals surface area contributed by atoms with Gasteiger partial charge in [0.05, 0.1) is 10.4 Å². The molecular weight excluding hydrogens is 346 g/mol. The number of nitrogens with one attached hydrogen (secondary N) is 1. The van der Waals surface area contributed by atoms with Gasteiger partial charge in [-0.3, -0.25) is 19.9 Å². The molecule has 0 spiro atoms. The molecule has 136 valence electrons. The van der Waals surface area contributed by atoms with E-state index >= 15 is 0 Å². The lowest BCUT2D eigenvalue weighted by Crippen LogP contribution is -2.32. The van der Waals surface area contributed by atoms with Gasteiger partial charge in [0.15, 0.2) is 0 Å². The van der Waals surface area contributed by atoms with Crippen LogP contribution in [0.3, 0.4) is 0 Å². The number of nitrogens with zero attached hydrogens (tertiary/aromatic N) is 4. The van der Waals surface area contributed by atoms with E-state index in [0.717, 1.165) is 6.42 Å². The first-order valence-electron chi connectivity index (χ1n) is 8.62. The van der Waals surface area contributed by atoms with Crippen LogP contribution >= 0.6 is 0 Å². The van der Waals surface area contributed by atoms with Crippen molar-refractivity contribution in [3.63, 3.8) is 0 Å². The molecule has 1 aliphatic rings. The fourth-order valence-corrected chi connectivity index (χ4v) is 3.23. The third-order valence-electron chi connectivity index (χ3n) is 4.60. The van der Waals surface area contributed by atoms with Crippen molar-refractivity contribution in [1.29, 1.82) is 0 Å². The van der Waals surface area contributed by atoms with Crippen LogP contribution in [-0.4, -0.2) is 44.8 Å². The first-order valence-corrected chi connectivity index (χ1v) is 8.62. The van der Waals surface area contributed by atoms with Crippen molar-refractivity contribution >= 4 is 28.3 Å². The lowest BCUT2D eigenvalue weighted by molar-refractivity contribution is -0.384. The molecule has 8 nitrogen and oxygen atoms in total. The van der Waals surface area contributed by atoms with Gasteiger partial charge in [0, 0.05) is 42.8 Å². The van der Waals surface area contributed by atoms with Gasteiger partial charge in [-0.05, 0) is 36.8 Å². The topological polar surface area (TPSA) is 101 Å². The molecule has 1 unspecified atom stereocenters. The molecule has 1 fully saturated rings. The maximum absolute atomic E-state index is 12.5. The zero-order valence-corrected chi connectivity index (χ0v) is 14.4. The Hall–Kier alpha value is -3.55. The largest absolute Gasteiger partial charge is 0.365 e. The quantitative estimate of drug-likeness (QED) is 0.565. The summed E-state index contributed by atoms with van der Waals surface area (Å²) >= 11 is 0. The predicted octanol–water partition coefficient (Wildman–Crippen LogP) is 2.86. The summed E-state index contributed by atoms with van der Waals surface area (Å²) in [5.41, 5.74) is 1.18. The number of benzene rings is 1. The van der Waals surface area contributed by atoms with E-state index in [-0.39, 0.29) is 17.6 Å². The summed E-state index contributed by atoms with van der Waals surface area (Å²) in [7, 11) is 0. The highest BCUT2D eigenvalue weighted by Crippen LogP contribution is 2.22. The van der Waals surface area contributed by atoms with Crippen molar-refractivity contribution in [2.45, 2.75) is 12.5 Å². The number of rotatable bonds is 4. The second-order valence-corrected chi connectivity index (χ2v) is 6.43. The number of pyridine rings is 2. The van der Waals surface area contributed by atoms with E-state index in [1.54, 1.807) is 41.4 Å². The van der Waals surface area contributed by atoms with Crippen molar-refractivity contribution in [1.82, 2.24) is 14.9 Å².